The summed E-state index contributed by atoms with van der Waals surface area (Å²) >= 11 is 0. The minimum absolute atomic E-state index is 0.135. The van der Waals surface area contributed by atoms with Crippen molar-refractivity contribution in [1.29, 1.82) is 0 Å². The van der Waals surface area contributed by atoms with Gasteiger partial charge in [0.25, 0.3) is 15.9 Å². The third-order valence-electron chi connectivity index (χ3n) is 4.51. The highest BCUT2D eigenvalue weighted by Gasteiger charge is 2.16. The molecule has 0 atom stereocenters. The monoisotopic (exact) mass is 441 g/mol. The quantitative estimate of drug-likeness (QED) is 0.520. The molecule has 3 rings (SSSR count). The number of nitrogens with one attached hydrogen (secondary N) is 3. The molecule has 0 unspecified atom stereocenters. The largest absolute Gasteiger partial charge is 0.466 e. The van der Waals surface area contributed by atoms with Crippen LogP contribution in [0.15, 0.2) is 63.9 Å². The third kappa shape index (κ3) is 5.52. The average molecular weight is 442 g/mol. The molecular formula is C22H23N3O5S. The van der Waals surface area contributed by atoms with Crippen LogP contribution in [-0.2, 0) is 14.8 Å². The molecule has 1 aromatic heterocycles. The van der Waals surface area contributed by atoms with E-state index in [1.807, 2.05) is 0 Å². The Kier molecular flexibility index (Phi) is 6.45. The SMILES string of the molecule is Cc1cc(C(=O)NCC(=O)Nc2ccc(C)c(NS(=O)(=O)c3ccccc3)c2)c(C)o1. The van der Waals surface area contributed by atoms with Gasteiger partial charge in [-0.2, -0.15) is 0 Å². The summed E-state index contributed by atoms with van der Waals surface area (Å²) in [6.45, 7) is 4.91. The molecule has 0 aliphatic rings. The predicted octanol–water partition coefficient (Wildman–Crippen LogP) is 3.37. The Morgan fingerprint density at radius 3 is 2.32 bits per heavy atom. The van der Waals surface area contributed by atoms with Gasteiger partial charge in [0.15, 0.2) is 0 Å². The fourth-order valence-corrected chi connectivity index (χ4v) is 4.07. The van der Waals surface area contributed by atoms with Gasteiger partial charge in [-0.1, -0.05) is 24.3 Å². The van der Waals surface area contributed by atoms with Crippen LogP contribution >= 0.6 is 0 Å². The van der Waals surface area contributed by atoms with Gasteiger partial charge in [-0.05, 0) is 56.7 Å². The van der Waals surface area contributed by atoms with Crippen LogP contribution in [0.3, 0.4) is 0 Å². The van der Waals surface area contributed by atoms with Gasteiger partial charge >= 0.3 is 0 Å². The number of hydrogen-bond acceptors (Lipinski definition) is 5. The molecule has 9 heteroatoms. The zero-order valence-electron chi connectivity index (χ0n) is 17.4. The Balaban J connectivity index is 1.65. The van der Waals surface area contributed by atoms with Gasteiger partial charge < -0.3 is 15.1 Å². The van der Waals surface area contributed by atoms with Crippen molar-refractivity contribution in [2.24, 2.45) is 0 Å². The summed E-state index contributed by atoms with van der Waals surface area (Å²) in [5.74, 6) is 0.221. The molecule has 0 bridgehead atoms. The highest BCUT2D eigenvalue weighted by atomic mass is 32.2. The Morgan fingerprint density at radius 1 is 0.968 bits per heavy atom. The van der Waals surface area contributed by atoms with Crippen LogP contribution in [-0.4, -0.2) is 26.8 Å². The van der Waals surface area contributed by atoms with E-state index in [0.29, 0.717) is 34.0 Å². The molecule has 2 aromatic carbocycles. The first-order valence-electron chi connectivity index (χ1n) is 9.49. The van der Waals surface area contributed by atoms with Crippen molar-refractivity contribution < 1.29 is 22.4 Å². The van der Waals surface area contributed by atoms with E-state index < -0.39 is 21.8 Å². The number of sulfonamides is 1. The maximum Gasteiger partial charge on any atom is 0.261 e. The van der Waals surface area contributed by atoms with Crippen LogP contribution in [0.25, 0.3) is 0 Å². The van der Waals surface area contributed by atoms with Crippen molar-refractivity contribution in [1.82, 2.24) is 5.32 Å². The number of amides is 2. The van der Waals surface area contributed by atoms with E-state index in [4.69, 9.17) is 4.42 Å². The molecular weight excluding hydrogens is 418 g/mol. The van der Waals surface area contributed by atoms with E-state index in [2.05, 4.69) is 15.4 Å². The third-order valence-corrected chi connectivity index (χ3v) is 5.90. The maximum absolute atomic E-state index is 12.6. The number of anilines is 2. The zero-order valence-corrected chi connectivity index (χ0v) is 18.2. The molecule has 0 aliphatic carbocycles. The average Bonchev–Trinajstić information content (AvgIpc) is 3.07. The van der Waals surface area contributed by atoms with Gasteiger partial charge in [0.2, 0.25) is 5.91 Å². The highest BCUT2D eigenvalue weighted by molar-refractivity contribution is 7.92. The van der Waals surface area contributed by atoms with E-state index in [1.165, 1.54) is 18.2 Å². The second-order valence-corrected chi connectivity index (χ2v) is 8.69. The van der Waals surface area contributed by atoms with Gasteiger partial charge in [0.05, 0.1) is 22.7 Å². The minimum Gasteiger partial charge on any atom is -0.466 e. The maximum atomic E-state index is 12.6. The van der Waals surface area contributed by atoms with Crippen molar-refractivity contribution in [3.8, 4) is 0 Å². The number of hydrogen-bond donors (Lipinski definition) is 3. The standard InChI is InChI=1S/C22H23N3O5S/c1-14-9-10-17(12-20(14)25-31(28,29)18-7-5-4-6-8-18)24-21(26)13-23-22(27)19-11-15(2)30-16(19)3/h4-12,25H,13H2,1-3H3,(H,23,27)(H,24,26). The van der Waals surface area contributed by atoms with Gasteiger partial charge in [-0.3, -0.25) is 14.3 Å². The lowest BCUT2D eigenvalue weighted by atomic mass is 10.2. The Hall–Kier alpha value is -3.59. The van der Waals surface area contributed by atoms with Crippen LogP contribution < -0.4 is 15.4 Å². The molecule has 8 nitrogen and oxygen atoms in total. The van der Waals surface area contributed by atoms with Crippen molar-refractivity contribution in [3.63, 3.8) is 0 Å². The molecule has 0 aliphatic heterocycles. The van der Waals surface area contributed by atoms with Gasteiger partial charge in [-0.15, -0.1) is 0 Å². The Bertz CT molecular complexity index is 1220. The van der Waals surface area contributed by atoms with Crippen LogP contribution in [0.5, 0.6) is 0 Å². The second kappa shape index (κ2) is 9.05. The molecule has 0 fully saturated rings. The fraction of sp³-hybridized carbons (Fsp3) is 0.182. The zero-order chi connectivity index (χ0) is 22.6. The van der Waals surface area contributed by atoms with Crippen molar-refractivity contribution in [3.05, 3.63) is 77.2 Å². The number of furan rings is 1. The topological polar surface area (TPSA) is 118 Å². The fourth-order valence-electron chi connectivity index (χ4n) is 2.93. The van der Waals surface area contributed by atoms with Crippen molar-refractivity contribution in [2.75, 3.05) is 16.6 Å². The van der Waals surface area contributed by atoms with E-state index >= 15 is 0 Å². The first-order chi connectivity index (χ1) is 14.7. The highest BCUT2D eigenvalue weighted by Crippen LogP contribution is 2.23. The Labute approximate surface area is 180 Å². The van der Waals surface area contributed by atoms with Gasteiger partial charge in [0, 0.05) is 5.69 Å². The van der Waals surface area contributed by atoms with E-state index in [-0.39, 0.29) is 11.4 Å². The molecule has 3 aromatic rings. The lowest BCUT2D eigenvalue weighted by Gasteiger charge is -2.13. The number of carbonyl (C=O) groups is 2. The lowest BCUT2D eigenvalue weighted by molar-refractivity contribution is -0.115. The number of benzene rings is 2. The molecule has 3 N–H and O–H groups in total. The minimum atomic E-state index is -3.76. The summed E-state index contributed by atoms with van der Waals surface area (Å²) in [5.41, 5.74) is 1.80. The lowest BCUT2D eigenvalue weighted by Crippen LogP contribution is -2.33. The van der Waals surface area contributed by atoms with Crippen LogP contribution in [0, 0.1) is 20.8 Å². The molecule has 0 saturated carbocycles. The second-order valence-electron chi connectivity index (χ2n) is 7.01. The van der Waals surface area contributed by atoms with E-state index in [0.717, 1.165) is 0 Å². The van der Waals surface area contributed by atoms with E-state index in [1.54, 1.807) is 57.2 Å². The molecule has 2 amide bonds. The van der Waals surface area contributed by atoms with Crippen molar-refractivity contribution >= 4 is 33.2 Å². The molecule has 162 valence electrons. The first kappa shape index (κ1) is 22.1. The molecule has 1 heterocycles. The number of carbonyl (C=O) groups excluding carboxylic acids is 2. The Morgan fingerprint density at radius 2 is 1.68 bits per heavy atom. The van der Waals surface area contributed by atoms with Crippen LogP contribution in [0.4, 0.5) is 11.4 Å². The summed E-state index contributed by atoms with van der Waals surface area (Å²) in [6.07, 6.45) is 0. The molecule has 0 saturated heterocycles. The predicted molar refractivity (Wildman–Crippen MR) is 118 cm³/mol. The summed E-state index contributed by atoms with van der Waals surface area (Å²) < 4.78 is 33.0. The van der Waals surface area contributed by atoms with Crippen LogP contribution in [0.2, 0.25) is 0 Å². The molecule has 31 heavy (non-hydrogen) atoms. The normalized spacial score (nSPS) is 11.1. The summed E-state index contributed by atoms with van der Waals surface area (Å²) in [5, 5.41) is 5.19. The van der Waals surface area contributed by atoms with Gasteiger partial charge in [0.1, 0.15) is 11.5 Å². The van der Waals surface area contributed by atoms with E-state index in [9.17, 15) is 18.0 Å². The summed E-state index contributed by atoms with van der Waals surface area (Å²) in [4.78, 5) is 24.6. The van der Waals surface area contributed by atoms with Crippen LogP contribution in [0.1, 0.15) is 27.4 Å². The summed E-state index contributed by atoms with van der Waals surface area (Å²) in [7, 11) is -3.76. The first-order valence-corrected chi connectivity index (χ1v) is 11.0. The number of aryl methyl sites for hydroxylation is 3. The van der Waals surface area contributed by atoms with Crippen molar-refractivity contribution in [2.45, 2.75) is 25.7 Å². The summed E-state index contributed by atoms with van der Waals surface area (Å²) in [6, 6.07) is 14.5. The molecule has 0 spiro atoms. The molecule has 0 radical (unpaired) electrons. The number of rotatable bonds is 7. The van der Waals surface area contributed by atoms with Gasteiger partial charge in [-0.25, -0.2) is 8.42 Å². The smallest absolute Gasteiger partial charge is 0.261 e.